The van der Waals surface area contributed by atoms with Gasteiger partial charge in [0.05, 0.1) is 13.5 Å². The fourth-order valence-electron chi connectivity index (χ4n) is 6.95. The van der Waals surface area contributed by atoms with E-state index >= 15 is 0 Å². The molecule has 5 rings (SSSR count). The summed E-state index contributed by atoms with van der Waals surface area (Å²) >= 11 is 0. The molecule has 3 aliphatic carbocycles. The average molecular weight is 632 g/mol. The second-order valence-electron chi connectivity index (χ2n) is 13.7. The van der Waals surface area contributed by atoms with E-state index in [1.54, 1.807) is 18.1 Å². The summed E-state index contributed by atoms with van der Waals surface area (Å²) < 4.78 is 39.7. The fourth-order valence-corrected chi connectivity index (χ4v) is 6.95. The zero-order valence-corrected chi connectivity index (χ0v) is 27.2. The number of cyclic esters (lactones) is 1. The number of nitrogens with zero attached hydrogens (tertiary/aromatic N) is 1. The first-order chi connectivity index (χ1) is 21.8. The molecule has 3 unspecified atom stereocenters. The van der Waals surface area contributed by atoms with Crippen molar-refractivity contribution >= 4 is 23.2 Å². The number of amides is 1. The molecule has 0 radical (unpaired) electrons. The lowest BCUT2D eigenvalue weighted by atomic mass is 9.72. The Kier molecular flexibility index (Phi) is 9.85. The summed E-state index contributed by atoms with van der Waals surface area (Å²) in [4.78, 5) is 26.6. The second-order valence-corrected chi connectivity index (χ2v) is 13.7. The number of benzene rings is 1. The molecule has 46 heavy (non-hydrogen) atoms. The molecule has 0 saturated carbocycles. The van der Waals surface area contributed by atoms with Crippen molar-refractivity contribution in [1.82, 2.24) is 4.90 Å². The third-order valence-corrected chi connectivity index (χ3v) is 9.31. The largest absolute Gasteiger partial charge is 0.496 e. The topological polar surface area (TPSA) is 76.1 Å². The molecule has 1 saturated heterocycles. The number of hydrogen-bond acceptors (Lipinski definition) is 4. The Morgan fingerprint density at radius 3 is 2.67 bits per heavy atom. The normalized spacial score (nSPS) is 24.9. The van der Waals surface area contributed by atoms with Crippen molar-refractivity contribution in [3.05, 3.63) is 100 Å². The number of carbonyl (C=O) groups excluding carboxylic acids is 1. The van der Waals surface area contributed by atoms with Gasteiger partial charge in [0.15, 0.2) is 0 Å². The molecule has 1 N–H and O–H groups in total. The minimum Gasteiger partial charge on any atom is -0.496 e. The van der Waals surface area contributed by atoms with Crippen molar-refractivity contribution in [2.24, 2.45) is 11.3 Å². The number of allylic oxidation sites excluding steroid dienone is 10. The van der Waals surface area contributed by atoms with Crippen LogP contribution in [0.3, 0.4) is 0 Å². The van der Waals surface area contributed by atoms with Crippen LogP contribution in [0.4, 0.5) is 13.6 Å². The molecular formula is C38H43F2NO5. The lowest BCUT2D eigenvalue weighted by molar-refractivity contribution is -0.136. The van der Waals surface area contributed by atoms with Gasteiger partial charge in [-0.3, -0.25) is 4.79 Å². The van der Waals surface area contributed by atoms with Gasteiger partial charge < -0.3 is 19.5 Å². The number of carbonyl (C=O) groups is 2. The number of ether oxygens (including phenoxy) is 2. The summed E-state index contributed by atoms with van der Waals surface area (Å²) in [5.74, 6) is -2.02. The van der Waals surface area contributed by atoms with E-state index in [4.69, 9.17) is 9.47 Å². The first-order valence-corrected chi connectivity index (χ1v) is 15.9. The summed E-state index contributed by atoms with van der Waals surface area (Å²) in [5.41, 5.74) is 7.30. The van der Waals surface area contributed by atoms with Crippen LogP contribution in [0.25, 0.3) is 11.1 Å². The summed E-state index contributed by atoms with van der Waals surface area (Å²) in [6.07, 6.45) is 13.4. The second kappa shape index (κ2) is 13.7. The zero-order chi connectivity index (χ0) is 33.2. The van der Waals surface area contributed by atoms with Gasteiger partial charge in [0.25, 0.3) is 0 Å². The lowest BCUT2D eigenvalue weighted by Crippen LogP contribution is -2.50. The van der Waals surface area contributed by atoms with Crippen molar-refractivity contribution in [2.45, 2.75) is 78.4 Å². The maximum Gasteiger partial charge on any atom is 0.410 e. The van der Waals surface area contributed by atoms with Crippen LogP contribution in [0.5, 0.6) is 5.75 Å². The molecule has 4 aliphatic rings. The Hall–Kier alpha value is -4.20. The predicted octanol–water partition coefficient (Wildman–Crippen LogP) is 9.29. The highest BCUT2D eigenvalue weighted by molar-refractivity contribution is 5.81. The number of halogens is 2. The predicted molar refractivity (Wildman–Crippen MR) is 176 cm³/mol. The maximum atomic E-state index is 14.2. The minimum absolute atomic E-state index is 0.0280. The van der Waals surface area contributed by atoms with Crippen molar-refractivity contribution in [2.75, 3.05) is 13.7 Å². The Balaban J connectivity index is 1.46. The van der Waals surface area contributed by atoms with E-state index in [9.17, 15) is 23.5 Å². The summed E-state index contributed by atoms with van der Waals surface area (Å²) in [5, 5.41) is 9.30. The number of carboxylic acids is 1. The highest BCUT2D eigenvalue weighted by atomic mass is 19.1. The molecule has 1 amide bonds. The van der Waals surface area contributed by atoms with Crippen LogP contribution in [0, 0.1) is 11.3 Å². The first-order valence-electron chi connectivity index (χ1n) is 15.9. The van der Waals surface area contributed by atoms with Crippen LogP contribution in [0.1, 0.15) is 77.3 Å². The van der Waals surface area contributed by atoms with E-state index in [0.717, 1.165) is 70.1 Å². The maximum absolute atomic E-state index is 14.2. The quantitative estimate of drug-likeness (QED) is 0.310. The highest BCUT2D eigenvalue weighted by Crippen LogP contribution is 2.46. The third-order valence-electron chi connectivity index (χ3n) is 9.31. The van der Waals surface area contributed by atoms with Gasteiger partial charge >= 0.3 is 12.1 Å². The van der Waals surface area contributed by atoms with Crippen LogP contribution in [-0.2, 0) is 9.53 Å². The summed E-state index contributed by atoms with van der Waals surface area (Å²) in [6.45, 7) is 8.86. The average Bonchev–Trinajstić information content (AvgIpc) is 3.27. The third kappa shape index (κ3) is 7.77. The van der Waals surface area contributed by atoms with Crippen LogP contribution in [-0.4, -0.2) is 47.9 Å². The van der Waals surface area contributed by atoms with Crippen molar-refractivity contribution in [1.29, 1.82) is 0 Å². The number of rotatable bonds is 8. The Morgan fingerprint density at radius 1 is 1.17 bits per heavy atom. The summed E-state index contributed by atoms with van der Waals surface area (Å²) in [7, 11) is 1.66. The van der Waals surface area contributed by atoms with Crippen molar-refractivity contribution in [3.63, 3.8) is 0 Å². The van der Waals surface area contributed by atoms with E-state index < -0.39 is 35.7 Å². The van der Waals surface area contributed by atoms with Gasteiger partial charge in [-0.15, -0.1) is 0 Å². The molecule has 244 valence electrons. The van der Waals surface area contributed by atoms with E-state index in [1.165, 1.54) is 12.2 Å². The minimum atomic E-state index is -0.860. The van der Waals surface area contributed by atoms with Crippen LogP contribution in [0.15, 0.2) is 89.1 Å². The molecule has 1 fully saturated rings. The number of carboxylic acid groups (broad SMARTS) is 1. The van der Waals surface area contributed by atoms with Gasteiger partial charge in [-0.2, -0.15) is 0 Å². The smallest absolute Gasteiger partial charge is 0.410 e. The molecule has 1 heterocycles. The molecular weight excluding hydrogens is 588 g/mol. The van der Waals surface area contributed by atoms with Gasteiger partial charge in [-0.1, -0.05) is 49.8 Å². The molecule has 0 bridgehead atoms. The standard InChI is InChI=1S/C38H43F2NO5/c1-23-14-25(17-36(42)43)6-7-26(15-23)27-9-11-34(45-5)33(19-27)32-12-13-38(3,4)21-29(32)22-41-24(2)16-35(46-37(41)44)28-8-10-30(39)20-31(40)18-28/h6-11,14,18-20,24,28,35H,12-13,15-17,21-22H2,1-5H3,(H,42,43). The van der Waals surface area contributed by atoms with Crippen molar-refractivity contribution in [3.8, 4) is 5.75 Å². The van der Waals surface area contributed by atoms with Crippen LogP contribution >= 0.6 is 0 Å². The molecule has 0 aromatic heterocycles. The van der Waals surface area contributed by atoms with Crippen LogP contribution < -0.4 is 4.74 Å². The zero-order valence-electron chi connectivity index (χ0n) is 27.2. The Bertz CT molecular complexity index is 1620. The highest BCUT2D eigenvalue weighted by Gasteiger charge is 2.38. The van der Waals surface area contributed by atoms with E-state index in [2.05, 4.69) is 19.9 Å². The molecule has 1 aromatic carbocycles. The lowest BCUT2D eigenvalue weighted by Gasteiger charge is -2.41. The Morgan fingerprint density at radius 2 is 1.96 bits per heavy atom. The molecule has 8 heteroatoms. The first kappa shape index (κ1) is 33.2. The summed E-state index contributed by atoms with van der Waals surface area (Å²) in [6, 6.07) is 5.99. The van der Waals surface area contributed by atoms with E-state index in [1.807, 2.05) is 44.2 Å². The molecule has 3 atom stereocenters. The number of methoxy groups -OCH3 is 1. The van der Waals surface area contributed by atoms with Gasteiger partial charge in [0.1, 0.15) is 23.5 Å². The SMILES string of the molecule is COc1ccc(C2=CC=C(CC(=O)O)C=C(C)C2)cc1C1=C(CN2C(=O)OC(C3C=CC(F)=CC(F)=C3)CC2C)CC(C)(C)CC1. The van der Waals surface area contributed by atoms with Gasteiger partial charge in [0.2, 0.25) is 0 Å². The van der Waals surface area contributed by atoms with E-state index in [0.29, 0.717) is 19.4 Å². The van der Waals surface area contributed by atoms with Crippen LogP contribution in [0.2, 0.25) is 0 Å². The molecule has 0 spiro atoms. The monoisotopic (exact) mass is 631 g/mol. The van der Waals surface area contributed by atoms with Gasteiger partial charge in [-0.05, 0) is 97.1 Å². The number of hydrogen-bond donors (Lipinski definition) is 1. The molecule has 1 aromatic rings. The van der Waals surface area contributed by atoms with Gasteiger partial charge in [0, 0.05) is 36.6 Å². The number of aliphatic carboxylic acids is 1. The molecule has 1 aliphatic heterocycles. The van der Waals surface area contributed by atoms with Gasteiger partial charge in [-0.25, -0.2) is 13.6 Å². The van der Waals surface area contributed by atoms with E-state index in [-0.39, 0.29) is 17.9 Å². The van der Waals surface area contributed by atoms with Crippen molar-refractivity contribution < 1.29 is 33.0 Å². The fraction of sp³-hybridized carbons (Fsp3) is 0.421. The Labute approximate surface area is 270 Å². The molecule has 6 nitrogen and oxygen atoms in total.